The second kappa shape index (κ2) is 2.75. The topological polar surface area (TPSA) is 30.2 Å². The molecule has 0 aliphatic heterocycles. The van der Waals surface area contributed by atoms with E-state index in [0.29, 0.717) is 11.7 Å². The van der Waals surface area contributed by atoms with Crippen LogP contribution in [0, 0.1) is 6.92 Å². The summed E-state index contributed by atoms with van der Waals surface area (Å²) in [5, 5.41) is 0. The van der Waals surface area contributed by atoms with Crippen LogP contribution in [0.15, 0.2) is 18.5 Å². The summed E-state index contributed by atoms with van der Waals surface area (Å²) in [5.41, 5.74) is 2.09. The van der Waals surface area contributed by atoms with Gasteiger partial charge in [0, 0.05) is 11.9 Å². The Labute approximate surface area is 75.0 Å². The zero-order valence-corrected chi connectivity index (χ0v) is 7.41. The lowest BCUT2D eigenvalue weighted by atomic mass is 10.4. The van der Waals surface area contributed by atoms with E-state index in [0.717, 1.165) is 11.4 Å². The van der Waals surface area contributed by atoms with E-state index in [-0.39, 0.29) is 0 Å². The van der Waals surface area contributed by atoms with E-state index in [1.54, 1.807) is 12.4 Å². The van der Waals surface area contributed by atoms with Gasteiger partial charge in [0.05, 0.1) is 17.8 Å². The molecule has 4 heteroatoms. The van der Waals surface area contributed by atoms with E-state index in [9.17, 15) is 0 Å². The van der Waals surface area contributed by atoms with Crippen molar-refractivity contribution >= 4 is 17.4 Å². The Morgan fingerprint density at radius 3 is 3.08 bits per heavy atom. The number of hydrogen-bond acceptors (Lipinski definition) is 2. The molecule has 2 heterocycles. The Morgan fingerprint density at radius 2 is 2.33 bits per heavy atom. The van der Waals surface area contributed by atoms with Crippen LogP contribution < -0.4 is 0 Å². The van der Waals surface area contributed by atoms with E-state index >= 15 is 0 Å². The molecule has 0 aliphatic rings. The highest BCUT2D eigenvalue weighted by Crippen LogP contribution is 2.09. The van der Waals surface area contributed by atoms with Crippen molar-refractivity contribution < 1.29 is 0 Å². The van der Waals surface area contributed by atoms with Gasteiger partial charge in [-0.1, -0.05) is 0 Å². The van der Waals surface area contributed by atoms with E-state index in [2.05, 4.69) is 9.97 Å². The standard InChI is InChI=1S/C8H8ClN3/c1-6-2-3-10-8-11-5-7(4-9)12(6)8/h2-3,5H,4H2,1H3. The van der Waals surface area contributed by atoms with Gasteiger partial charge in [0.2, 0.25) is 5.78 Å². The summed E-state index contributed by atoms with van der Waals surface area (Å²) >= 11 is 5.73. The van der Waals surface area contributed by atoms with E-state index in [1.165, 1.54) is 0 Å². The average Bonchev–Trinajstić information content (AvgIpc) is 2.49. The summed E-state index contributed by atoms with van der Waals surface area (Å²) in [6, 6.07) is 1.94. The van der Waals surface area contributed by atoms with Gasteiger partial charge >= 0.3 is 0 Å². The first kappa shape index (κ1) is 7.55. The molecule has 0 radical (unpaired) electrons. The Kier molecular flexibility index (Phi) is 1.73. The molecule has 0 saturated carbocycles. The first-order valence-corrected chi connectivity index (χ1v) is 4.20. The number of alkyl halides is 1. The number of imidazole rings is 1. The number of aryl methyl sites for hydroxylation is 1. The molecule has 62 valence electrons. The molecular formula is C8H8ClN3. The largest absolute Gasteiger partial charge is 0.284 e. The fourth-order valence-electron chi connectivity index (χ4n) is 1.23. The smallest absolute Gasteiger partial charge is 0.234 e. The maximum atomic E-state index is 5.73. The summed E-state index contributed by atoms with van der Waals surface area (Å²) in [4.78, 5) is 8.22. The molecule has 0 amide bonds. The molecule has 2 aromatic heterocycles. The number of hydrogen-bond donors (Lipinski definition) is 0. The van der Waals surface area contributed by atoms with Crippen molar-refractivity contribution in [2.24, 2.45) is 0 Å². The third kappa shape index (κ3) is 0.975. The van der Waals surface area contributed by atoms with Crippen molar-refractivity contribution in [1.82, 2.24) is 14.4 Å². The zero-order valence-electron chi connectivity index (χ0n) is 6.66. The molecule has 2 aromatic rings. The summed E-state index contributed by atoms with van der Waals surface area (Å²) < 4.78 is 1.95. The van der Waals surface area contributed by atoms with Crippen LogP contribution in [0.2, 0.25) is 0 Å². The molecule has 0 fully saturated rings. The number of halogens is 1. The molecule has 0 aliphatic carbocycles. The predicted octanol–water partition coefficient (Wildman–Crippen LogP) is 1.78. The highest BCUT2D eigenvalue weighted by atomic mass is 35.5. The SMILES string of the molecule is Cc1ccnc2ncc(CCl)n12. The van der Waals surface area contributed by atoms with Crippen LogP contribution in [-0.4, -0.2) is 14.4 Å². The monoisotopic (exact) mass is 181 g/mol. The molecule has 0 unspecified atom stereocenters. The van der Waals surface area contributed by atoms with Crippen molar-refractivity contribution in [2.45, 2.75) is 12.8 Å². The summed E-state index contributed by atoms with van der Waals surface area (Å²) in [7, 11) is 0. The molecule has 0 N–H and O–H groups in total. The first-order chi connectivity index (χ1) is 5.83. The molecular weight excluding hydrogens is 174 g/mol. The van der Waals surface area contributed by atoms with Crippen LogP contribution >= 0.6 is 11.6 Å². The minimum Gasteiger partial charge on any atom is -0.284 e. The highest BCUT2D eigenvalue weighted by molar-refractivity contribution is 6.16. The third-order valence-electron chi connectivity index (χ3n) is 1.81. The second-order valence-electron chi connectivity index (χ2n) is 2.60. The van der Waals surface area contributed by atoms with Crippen LogP contribution in [0.1, 0.15) is 11.4 Å². The fourth-order valence-corrected chi connectivity index (χ4v) is 1.42. The Balaban J connectivity index is 2.83. The van der Waals surface area contributed by atoms with Crippen LogP contribution in [0.3, 0.4) is 0 Å². The minimum atomic E-state index is 0.466. The van der Waals surface area contributed by atoms with E-state index < -0.39 is 0 Å². The van der Waals surface area contributed by atoms with Crippen molar-refractivity contribution in [3.63, 3.8) is 0 Å². The number of fused-ring (bicyclic) bond motifs is 1. The normalized spacial score (nSPS) is 10.8. The maximum Gasteiger partial charge on any atom is 0.234 e. The van der Waals surface area contributed by atoms with E-state index in [4.69, 9.17) is 11.6 Å². The Bertz CT molecular complexity index is 408. The summed E-state index contributed by atoms with van der Waals surface area (Å²) in [5.74, 6) is 1.18. The van der Waals surface area contributed by atoms with Gasteiger partial charge in [-0.25, -0.2) is 9.97 Å². The maximum absolute atomic E-state index is 5.73. The third-order valence-corrected chi connectivity index (χ3v) is 2.09. The quantitative estimate of drug-likeness (QED) is 0.628. The average molecular weight is 182 g/mol. The fraction of sp³-hybridized carbons (Fsp3) is 0.250. The Morgan fingerprint density at radius 1 is 1.50 bits per heavy atom. The molecule has 2 rings (SSSR count). The summed E-state index contributed by atoms with van der Waals surface area (Å²) in [6.45, 7) is 2.01. The van der Waals surface area contributed by atoms with Crippen molar-refractivity contribution in [3.8, 4) is 0 Å². The molecule has 0 saturated heterocycles. The van der Waals surface area contributed by atoms with Crippen molar-refractivity contribution in [3.05, 3.63) is 29.8 Å². The van der Waals surface area contributed by atoms with Gasteiger partial charge in [0.15, 0.2) is 0 Å². The van der Waals surface area contributed by atoms with Crippen LogP contribution in [0.4, 0.5) is 0 Å². The molecule has 0 aromatic carbocycles. The molecule has 0 spiro atoms. The van der Waals surface area contributed by atoms with Gasteiger partial charge in [-0.05, 0) is 13.0 Å². The molecule has 3 nitrogen and oxygen atoms in total. The van der Waals surface area contributed by atoms with Gasteiger partial charge < -0.3 is 0 Å². The predicted molar refractivity (Wildman–Crippen MR) is 47.3 cm³/mol. The second-order valence-corrected chi connectivity index (χ2v) is 2.87. The first-order valence-electron chi connectivity index (χ1n) is 3.67. The molecule has 0 bridgehead atoms. The molecule has 0 atom stereocenters. The van der Waals surface area contributed by atoms with Gasteiger partial charge in [0.1, 0.15) is 0 Å². The van der Waals surface area contributed by atoms with E-state index in [1.807, 2.05) is 17.4 Å². The number of aromatic nitrogens is 3. The summed E-state index contributed by atoms with van der Waals surface area (Å²) in [6.07, 6.45) is 3.50. The lowest BCUT2D eigenvalue weighted by Crippen LogP contribution is -1.96. The van der Waals surface area contributed by atoms with Crippen LogP contribution in [0.5, 0.6) is 0 Å². The zero-order chi connectivity index (χ0) is 8.55. The van der Waals surface area contributed by atoms with Crippen LogP contribution in [-0.2, 0) is 5.88 Å². The van der Waals surface area contributed by atoms with Gasteiger partial charge in [-0.15, -0.1) is 11.6 Å². The van der Waals surface area contributed by atoms with Gasteiger partial charge in [-0.3, -0.25) is 4.40 Å². The number of rotatable bonds is 1. The Hall–Kier alpha value is -1.09. The minimum absolute atomic E-state index is 0.466. The van der Waals surface area contributed by atoms with Crippen molar-refractivity contribution in [2.75, 3.05) is 0 Å². The highest BCUT2D eigenvalue weighted by Gasteiger charge is 2.03. The van der Waals surface area contributed by atoms with Gasteiger partial charge in [0.25, 0.3) is 0 Å². The molecule has 12 heavy (non-hydrogen) atoms. The van der Waals surface area contributed by atoms with Crippen LogP contribution in [0.25, 0.3) is 5.78 Å². The van der Waals surface area contributed by atoms with Gasteiger partial charge in [-0.2, -0.15) is 0 Å². The number of nitrogens with zero attached hydrogens (tertiary/aromatic N) is 3. The van der Waals surface area contributed by atoms with Crippen molar-refractivity contribution in [1.29, 1.82) is 0 Å². The lowest BCUT2D eigenvalue weighted by Gasteiger charge is -2.00. The lowest BCUT2D eigenvalue weighted by molar-refractivity contribution is 0.991.